The topological polar surface area (TPSA) is 97.8 Å². The number of hydrogen-bond donors (Lipinski definition) is 1. The van der Waals surface area contributed by atoms with E-state index in [9.17, 15) is 14.7 Å². The maximum atomic E-state index is 13.4. The molecule has 0 aliphatic carbocycles. The van der Waals surface area contributed by atoms with Gasteiger partial charge in [-0.05, 0) is 50.2 Å². The van der Waals surface area contributed by atoms with Crippen LogP contribution in [0, 0.1) is 0 Å². The maximum Gasteiger partial charge on any atom is 0.295 e. The molecule has 9 heteroatoms. The fraction of sp³-hybridized carbons (Fsp3) is 0.407. The van der Waals surface area contributed by atoms with E-state index in [1.165, 1.54) is 19.1 Å². The summed E-state index contributed by atoms with van der Waals surface area (Å²) < 4.78 is 22.4. The highest BCUT2D eigenvalue weighted by molar-refractivity contribution is 6.46. The second-order valence-corrected chi connectivity index (χ2v) is 8.98. The number of aliphatic hydroxyl groups is 1. The first-order valence-corrected chi connectivity index (χ1v) is 12.1. The van der Waals surface area contributed by atoms with Gasteiger partial charge in [-0.15, -0.1) is 0 Å². The van der Waals surface area contributed by atoms with Crippen molar-refractivity contribution in [1.29, 1.82) is 0 Å². The molecule has 0 saturated carbocycles. The molecule has 1 unspecified atom stereocenters. The monoisotopic (exact) mass is 494 g/mol. The molecular formula is C27H30N2O7. The highest BCUT2D eigenvalue weighted by atomic mass is 16.6. The Balaban J connectivity index is 1.62. The van der Waals surface area contributed by atoms with Crippen molar-refractivity contribution in [3.05, 3.63) is 53.1 Å². The van der Waals surface area contributed by atoms with Gasteiger partial charge in [-0.2, -0.15) is 0 Å². The first-order chi connectivity index (χ1) is 17.5. The second kappa shape index (κ2) is 10.1. The predicted molar refractivity (Wildman–Crippen MR) is 132 cm³/mol. The summed E-state index contributed by atoms with van der Waals surface area (Å²) >= 11 is 0. The Morgan fingerprint density at radius 2 is 1.75 bits per heavy atom. The predicted octanol–water partition coefficient (Wildman–Crippen LogP) is 2.99. The van der Waals surface area contributed by atoms with Gasteiger partial charge >= 0.3 is 0 Å². The minimum absolute atomic E-state index is 0.00431. The van der Waals surface area contributed by atoms with E-state index in [0.717, 1.165) is 25.9 Å². The molecule has 0 bridgehead atoms. The van der Waals surface area contributed by atoms with Crippen LogP contribution in [0.5, 0.6) is 23.0 Å². The van der Waals surface area contributed by atoms with Crippen molar-refractivity contribution >= 4 is 17.4 Å². The first kappa shape index (κ1) is 24.0. The SMILES string of the molecule is COc1cccc(C2/C(=C(\O)c3ccc4c(c3)OCCO4)C(=O)C(=O)N2CCN2CCCC2)c1OC. The number of nitrogens with zero attached hydrogens (tertiary/aromatic N) is 2. The number of aliphatic hydroxyl groups excluding tert-OH is 1. The van der Waals surface area contributed by atoms with Crippen molar-refractivity contribution in [2.24, 2.45) is 0 Å². The van der Waals surface area contributed by atoms with Gasteiger partial charge in [-0.3, -0.25) is 9.59 Å². The molecule has 1 N–H and O–H groups in total. The Kier molecular flexibility index (Phi) is 6.73. The molecule has 2 aromatic carbocycles. The van der Waals surface area contributed by atoms with Crippen LogP contribution >= 0.6 is 0 Å². The van der Waals surface area contributed by atoms with E-state index in [4.69, 9.17) is 18.9 Å². The number of benzene rings is 2. The second-order valence-electron chi connectivity index (χ2n) is 8.98. The molecule has 1 atom stereocenters. The lowest BCUT2D eigenvalue weighted by molar-refractivity contribution is -0.140. The molecule has 0 spiro atoms. The molecule has 3 heterocycles. The van der Waals surface area contributed by atoms with Gasteiger partial charge in [-0.25, -0.2) is 0 Å². The van der Waals surface area contributed by atoms with E-state index in [0.29, 0.717) is 60.4 Å². The lowest BCUT2D eigenvalue weighted by atomic mass is 9.94. The standard InChI is InChI=1S/C27H30N2O7/c1-33-20-7-5-6-18(26(20)34-2)23-22(24(30)17-8-9-19-21(16-17)36-15-14-35-19)25(31)27(32)29(23)13-12-28-10-3-4-11-28/h5-9,16,23,30H,3-4,10-15H2,1-2H3/b24-22+. The summed E-state index contributed by atoms with van der Waals surface area (Å²) in [5.74, 6) is 0.260. The van der Waals surface area contributed by atoms with E-state index < -0.39 is 17.7 Å². The third-order valence-corrected chi connectivity index (χ3v) is 6.94. The number of carbonyl (C=O) groups excluding carboxylic acids is 2. The maximum absolute atomic E-state index is 13.4. The Labute approximate surface area is 209 Å². The van der Waals surface area contributed by atoms with Crippen molar-refractivity contribution in [3.8, 4) is 23.0 Å². The number of rotatable bonds is 7. The Morgan fingerprint density at radius 1 is 1.00 bits per heavy atom. The average molecular weight is 495 g/mol. The molecule has 5 rings (SSSR count). The number of ether oxygens (including phenoxy) is 4. The number of likely N-dealkylation sites (tertiary alicyclic amines) is 2. The summed E-state index contributed by atoms with van der Waals surface area (Å²) in [5.41, 5.74) is 0.935. The number of hydrogen-bond acceptors (Lipinski definition) is 8. The van der Waals surface area contributed by atoms with E-state index in [-0.39, 0.29) is 11.3 Å². The molecule has 2 aromatic rings. The van der Waals surface area contributed by atoms with Crippen molar-refractivity contribution in [2.75, 3.05) is 53.6 Å². The zero-order chi connectivity index (χ0) is 25.2. The van der Waals surface area contributed by atoms with Crippen LogP contribution in [0.4, 0.5) is 0 Å². The quantitative estimate of drug-likeness (QED) is 0.357. The normalized spacial score (nSPS) is 21.2. The Morgan fingerprint density at radius 3 is 2.47 bits per heavy atom. The third-order valence-electron chi connectivity index (χ3n) is 6.94. The zero-order valence-electron chi connectivity index (χ0n) is 20.5. The average Bonchev–Trinajstić information content (AvgIpc) is 3.52. The van der Waals surface area contributed by atoms with Gasteiger partial charge in [0, 0.05) is 24.2 Å². The lowest BCUT2D eigenvalue weighted by Gasteiger charge is -2.28. The van der Waals surface area contributed by atoms with Crippen molar-refractivity contribution < 1.29 is 33.6 Å². The van der Waals surface area contributed by atoms with Crippen LogP contribution in [0.1, 0.15) is 30.0 Å². The molecule has 3 aliphatic heterocycles. The molecule has 2 saturated heterocycles. The molecule has 1 amide bonds. The van der Waals surface area contributed by atoms with Crippen LogP contribution in [0.25, 0.3) is 5.76 Å². The van der Waals surface area contributed by atoms with Gasteiger partial charge in [0.2, 0.25) is 0 Å². The van der Waals surface area contributed by atoms with Gasteiger partial charge < -0.3 is 33.9 Å². The van der Waals surface area contributed by atoms with E-state index in [2.05, 4.69) is 4.90 Å². The molecule has 0 aromatic heterocycles. The van der Waals surface area contributed by atoms with Crippen molar-refractivity contribution in [3.63, 3.8) is 0 Å². The van der Waals surface area contributed by atoms with E-state index >= 15 is 0 Å². The number of Topliss-reactive ketones (excluding diaryl/α,β-unsaturated/α-hetero) is 1. The summed E-state index contributed by atoms with van der Waals surface area (Å²) in [6, 6.07) is 9.44. The largest absolute Gasteiger partial charge is 0.507 e. The molecule has 36 heavy (non-hydrogen) atoms. The lowest BCUT2D eigenvalue weighted by Crippen LogP contribution is -2.37. The van der Waals surface area contributed by atoms with Crippen LogP contribution in [0.3, 0.4) is 0 Å². The number of ketones is 1. The van der Waals surface area contributed by atoms with Gasteiger partial charge in [0.1, 0.15) is 19.0 Å². The van der Waals surface area contributed by atoms with E-state index in [1.54, 1.807) is 36.4 Å². The van der Waals surface area contributed by atoms with Crippen molar-refractivity contribution in [2.45, 2.75) is 18.9 Å². The number of carbonyl (C=O) groups is 2. The molecular weight excluding hydrogens is 464 g/mol. The Hall–Kier alpha value is -3.72. The summed E-state index contributed by atoms with van der Waals surface area (Å²) in [5, 5.41) is 11.4. The van der Waals surface area contributed by atoms with E-state index in [1.807, 2.05) is 0 Å². The third kappa shape index (κ3) is 4.24. The first-order valence-electron chi connectivity index (χ1n) is 12.1. The van der Waals surface area contributed by atoms with Gasteiger partial charge in [0.25, 0.3) is 11.7 Å². The minimum Gasteiger partial charge on any atom is -0.507 e. The van der Waals surface area contributed by atoms with Gasteiger partial charge in [-0.1, -0.05) is 12.1 Å². The van der Waals surface area contributed by atoms with Crippen LogP contribution in [-0.4, -0.2) is 80.2 Å². The molecule has 2 fully saturated rings. The Bertz CT molecular complexity index is 1200. The van der Waals surface area contributed by atoms with Crippen molar-refractivity contribution in [1.82, 2.24) is 9.80 Å². The van der Waals surface area contributed by atoms with Crippen LogP contribution in [0.15, 0.2) is 42.0 Å². The summed E-state index contributed by atoms with van der Waals surface area (Å²) in [7, 11) is 3.04. The number of methoxy groups -OCH3 is 2. The fourth-order valence-corrected chi connectivity index (χ4v) is 5.16. The number of fused-ring (bicyclic) bond motifs is 1. The molecule has 190 valence electrons. The molecule has 9 nitrogen and oxygen atoms in total. The number of para-hydroxylation sites is 1. The fourth-order valence-electron chi connectivity index (χ4n) is 5.16. The zero-order valence-corrected chi connectivity index (χ0v) is 20.5. The summed E-state index contributed by atoms with van der Waals surface area (Å²) in [4.78, 5) is 30.5. The highest BCUT2D eigenvalue weighted by Crippen LogP contribution is 2.46. The molecule has 0 radical (unpaired) electrons. The highest BCUT2D eigenvalue weighted by Gasteiger charge is 2.47. The van der Waals surface area contributed by atoms with Gasteiger partial charge in [0.05, 0.1) is 25.8 Å². The van der Waals surface area contributed by atoms with Crippen LogP contribution < -0.4 is 18.9 Å². The number of amides is 1. The molecule has 3 aliphatic rings. The minimum atomic E-state index is -0.842. The summed E-state index contributed by atoms with van der Waals surface area (Å²) in [6.07, 6.45) is 2.24. The van der Waals surface area contributed by atoms with Crippen LogP contribution in [0.2, 0.25) is 0 Å². The van der Waals surface area contributed by atoms with Gasteiger partial charge in [0.15, 0.2) is 23.0 Å². The van der Waals surface area contributed by atoms with Crippen LogP contribution in [-0.2, 0) is 9.59 Å². The summed E-state index contributed by atoms with van der Waals surface area (Å²) in [6.45, 7) is 3.74. The smallest absolute Gasteiger partial charge is 0.295 e.